The molecule has 0 atom stereocenters. The van der Waals surface area contributed by atoms with Gasteiger partial charge in [0.1, 0.15) is 29.5 Å². The molecule has 0 spiro atoms. The van der Waals surface area contributed by atoms with E-state index in [2.05, 4.69) is 4.98 Å². The van der Waals surface area contributed by atoms with Gasteiger partial charge in [0.15, 0.2) is 0 Å². The summed E-state index contributed by atoms with van der Waals surface area (Å²) in [5, 5.41) is 2.74. The number of carbonyl (C=O) groups excluding carboxylic acids is 1. The molecule has 0 amide bonds. The second-order valence-electron chi connectivity index (χ2n) is 4.63. The molecule has 0 N–H and O–H groups in total. The number of aromatic nitrogens is 1. The first-order chi connectivity index (χ1) is 10.7. The van der Waals surface area contributed by atoms with Crippen molar-refractivity contribution in [2.75, 3.05) is 0 Å². The van der Waals surface area contributed by atoms with Gasteiger partial charge in [-0.2, -0.15) is 0 Å². The first-order valence-corrected chi connectivity index (χ1v) is 7.51. The van der Waals surface area contributed by atoms with Crippen molar-refractivity contribution in [2.45, 2.75) is 6.61 Å². The van der Waals surface area contributed by atoms with E-state index < -0.39 is 0 Å². The lowest BCUT2D eigenvalue weighted by molar-refractivity contribution is 0.112. The van der Waals surface area contributed by atoms with Crippen LogP contribution in [-0.2, 0) is 6.61 Å². The van der Waals surface area contributed by atoms with Crippen LogP contribution in [0.25, 0.3) is 10.6 Å². The Labute approximate surface area is 131 Å². The molecule has 3 rings (SSSR count). The van der Waals surface area contributed by atoms with Crippen molar-refractivity contribution in [1.82, 2.24) is 4.98 Å². The van der Waals surface area contributed by atoms with Crippen LogP contribution in [0.5, 0.6) is 5.75 Å². The summed E-state index contributed by atoms with van der Waals surface area (Å²) in [4.78, 5) is 15.1. The topological polar surface area (TPSA) is 39.2 Å². The van der Waals surface area contributed by atoms with Crippen molar-refractivity contribution < 1.29 is 13.9 Å². The van der Waals surface area contributed by atoms with Crippen molar-refractivity contribution >= 4 is 17.6 Å². The third-order valence-corrected chi connectivity index (χ3v) is 3.99. The Morgan fingerprint density at radius 2 is 1.82 bits per heavy atom. The van der Waals surface area contributed by atoms with Gasteiger partial charge in [0, 0.05) is 16.5 Å². The smallest absolute Gasteiger partial charge is 0.150 e. The van der Waals surface area contributed by atoms with Gasteiger partial charge in [0.2, 0.25) is 0 Å². The normalized spacial score (nSPS) is 10.4. The molecule has 3 aromatic rings. The van der Waals surface area contributed by atoms with Crippen LogP contribution in [0.2, 0.25) is 0 Å². The lowest BCUT2D eigenvalue weighted by Gasteiger charge is -2.03. The summed E-state index contributed by atoms with van der Waals surface area (Å²) in [5.74, 6) is 0.421. The third kappa shape index (κ3) is 3.38. The third-order valence-electron chi connectivity index (χ3n) is 3.05. The number of hydrogen-bond acceptors (Lipinski definition) is 4. The van der Waals surface area contributed by atoms with Crippen molar-refractivity contribution in [3.8, 4) is 16.3 Å². The lowest BCUT2D eigenvalue weighted by atomic mass is 10.2. The maximum Gasteiger partial charge on any atom is 0.150 e. The molecule has 0 saturated carbocycles. The first kappa shape index (κ1) is 14.4. The average Bonchev–Trinajstić information content (AvgIpc) is 3.03. The highest BCUT2D eigenvalue weighted by Crippen LogP contribution is 2.24. The number of hydrogen-bond donors (Lipinski definition) is 0. The van der Waals surface area contributed by atoms with Crippen LogP contribution in [0.1, 0.15) is 16.1 Å². The molecule has 0 fully saturated rings. The maximum absolute atomic E-state index is 12.9. The van der Waals surface area contributed by atoms with Crippen LogP contribution in [0.3, 0.4) is 0 Å². The molecule has 0 aliphatic carbocycles. The Morgan fingerprint density at radius 1 is 1.09 bits per heavy atom. The molecule has 0 radical (unpaired) electrons. The fourth-order valence-electron chi connectivity index (χ4n) is 1.90. The Bertz CT molecular complexity index is 766. The van der Waals surface area contributed by atoms with Crippen molar-refractivity contribution in [3.05, 3.63) is 71.0 Å². The van der Waals surface area contributed by atoms with Gasteiger partial charge in [-0.25, -0.2) is 9.37 Å². The van der Waals surface area contributed by atoms with Gasteiger partial charge in [-0.05, 0) is 48.5 Å². The van der Waals surface area contributed by atoms with Gasteiger partial charge in [-0.15, -0.1) is 11.3 Å². The van der Waals surface area contributed by atoms with Crippen LogP contribution in [0, 0.1) is 5.82 Å². The Morgan fingerprint density at radius 3 is 2.50 bits per heavy atom. The van der Waals surface area contributed by atoms with Gasteiger partial charge < -0.3 is 4.74 Å². The summed E-state index contributed by atoms with van der Waals surface area (Å²) in [6, 6.07) is 13.1. The number of rotatable bonds is 5. The Kier molecular flexibility index (Phi) is 4.25. The highest BCUT2D eigenvalue weighted by Gasteiger charge is 2.06. The van der Waals surface area contributed by atoms with E-state index in [1.807, 2.05) is 5.38 Å². The van der Waals surface area contributed by atoms with Crippen molar-refractivity contribution in [3.63, 3.8) is 0 Å². The van der Waals surface area contributed by atoms with Crippen LogP contribution in [0.15, 0.2) is 53.9 Å². The fraction of sp³-hybridized carbons (Fsp3) is 0.0588. The maximum atomic E-state index is 12.9. The quantitative estimate of drug-likeness (QED) is 0.658. The molecule has 5 heteroatoms. The number of nitrogens with zero attached hydrogens (tertiary/aromatic N) is 1. The van der Waals surface area contributed by atoms with Gasteiger partial charge in [0.25, 0.3) is 0 Å². The summed E-state index contributed by atoms with van der Waals surface area (Å²) in [5.41, 5.74) is 2.30. The van der Waals surface area contributed by atoms with E-state index >= 15 is 0 Å². The largest absolute Gasteiger partial charge is 0.487 e. The Balaban J connectivity index is 1.66. The summed E-state index contributed by atoms with van der Waals surface area (Å²) in [6.07, 6.45) is 0.791. The number of carbonyl (C=O) groups is 1. The zero-order valence-corrected chi connectivity index (χ0v) is 12.3. The molecule has 0 bridgehead atoms. The molecule has 0 saturated heterocycles. The molecule has 2 aromatic carbocycles. The molecular formula is C17H12FNO2S. The molecule has 0 aliphatic rings. The summed E-state index contributed by atoms with van der Waals surface area (Å²) in [6.45, 7) is 0.345. The minimum Gasteiger partial charge on any atom is -0.487 e. The van der Waals surface area contributed by atoms with E-state index in [0.717, 1.165) is 22.6 Å². The number of aldehydes is 1. The highest BCUT2D eigenvalue weighted by molar-refractivity contribution is 7.13. The number of halogens is 1. The van der Waals surface area contributed by atoms with Crippen LogP contribution in [0.4, 0.5) is 4.39 Å². The summed E-state index contributed by atoms with van der Waals surface area (Å²) < 4.78 is 18.5. The zero-order chi connectivity index (χ0) is 15.4. The van der Waals surface area contributed by atoms with Crippen LogP contribution >= 0.6 is 11.3 Å². The molecule has 110 valence electrons. The van der Waals surface area contributed by atoms with Crippen molar-refractivity contribution in [2.24, 2.45) is 0 Å². The van der Waals surface area contributed by atoms with Gasteiger partial charge in [0.05, 0.1) is 5.69 Å². The second-order valence-corrected chi connectivity index (χ2v) is 5.48. The lowest BCUT2D eigenvalue weighted by Crippen LogP contribution is -1.95. The molecule has 3 nitrogen and oxygen atoms in total. The van der Waals surface area contributed by atoms with Crippen LogP contribution in [-0.4, -0.2) is 11.3 Å². The van der Waals surface area contributed by atoms with Crippen molar-refractivity contribution in [1.29, 1.82) is 0 Å². The Hall–Kier alpha value is -2.53. The molecular weight excluding hydrogens is 301 g/mol. The van der Waals surface area contributed by atoms with E-state index in [-0.39, 0.29) is 5.82 Å². The number of benzene rings is 2. The molecule has 1 aromatic heterocycles. The minimum absolute atomic E-state index is 0.261. The molecule has 1 heterocycles. The van der Waals surface area contributed by atoms with E-state index in [4.69, 9.17) is 4.74 Å². The molecule has 22 heavy (non-hydrogen) atoms. The SMILES string of the molecule is O=Cc1ccc(OCc2csc(-c3ccc(F)cc3)n2)cc1. The van der Waals surface area contributed by atoms with Gasteiger partial charge >= 0.3 is 0 Å². The second kappa shape index (κ2) is 6.49. The van der Waals surface area contributed by atoms with Crippen LogP contribution < -0.4 is 4.74 Å². The minimum atomic E-state index is -0.261. The predicted molar refractivity (Wildman–Crippen MR) is 83.7 cm³/mol. The molecule has 0 aliphatic heterocycles. The van der Waals surface area contributed by atoms with E-state index in [9.17, 15) is 9.18 Å². The van der Waals surface area contributed by atoms with Gasteiger partial charge in [-0.1, -0.05) is 0 Å². The molecule has 0 unspecified atom stereocenters. The number of thiazole rings is 1. The zero-order valence-electron chi connectivity index (χ0n) is 11.5. The summed E-state index contributed by atoms with van der Waals surface area (Å²) >= 11 is 1.49. The van der Waals surface area contributed by atoms with Gasteiger partial charge in [-0.3, -0.25) is 4.79 Å². The monoisotopic (exact) mass is 313 g/mol. The predicted octanol–water partition coefficient (Wildman–Crippen LogP) is 4.34. The number of ether oxygens (including phenoxy) is 1. The van der Waals surface area contributed by atoms with E-state index in [1.165, 1.54) is 23.5 Å². The average molecular weight is 313 g/mol. The summed E-state index contributed by atoms with van der Waals surface area (Å²) in [7, 11) is 0. The van der Waals surface area contributed by atoms with E-state index in [1.54, 1.807) is 36.4 Å². The fourth-order valence-corrected chi connectivity index (χ4v) is 2.71. The highest BCUT2D eigenvalue weighted by atomic mass is 32.1. The first-order valence-electron chi connectivity index (χ1n) is 6.63. The van der Waals surface area contributed by atoms with E-state index in [0.29, 0.717) is 17.9 Å². The standard InChI is InChI=1S/C17H12FNO2S/c18-14-5-3-13(4-6-14)17-19-15(11-22-17)10-21-16-7-1-12(9-20)2-8-16/h1-9,11H,10H2.